The predicted molar refractivity (Wildman–Crippen MR) is 80.1 cm³/mol. The van der Waals surface area contributed by atoms with Crippen molar-refractivity contribution in [3.63, 3.8) is 0 Å². The fraction of sp³-hybridized carbons (Fsp3) is 0.714. The number of aromatic nitrogens is 2. The molecule has 0 aliphatic carbocycles. The molecule has 0 aliphatic heterocycles. The molecular weight excluding hydrogens is 278 g/mol. The lowest BCUT2D eigenvalue weighted by Crippen LogP contribution is -2.51. The van der Waals surface area contributed by atoms with E-state index in [2.05, 4.69) is 10.4 Å². The zero-order chi connectivity index (χ0) is 15.5. The molecule has 1 heterocycles. The second-order valence-electron chi connectivity index (χ2n) is 5.34. The number of ether oxygens (including phenoxy) is 1. The van der Waals surface area contributed by atoms with Crippen molar-refractivity contribution in [1.82, 2.24) is 15.1 Å². The Bertz CT molecular complexity index is 487. The van der Waals surface area contributed by atoms with Crippen molar-refractivity contribution in [2.24, 2.45) is 0 Å². The first kappa shape index (κ1) is 17.0. The SMILES string of the molecule is CCNC(C)(CC(C)n1nc(C)c(Cl)c1C)C(=O)OC. The van der Waals surface area contributed by atoms with Crippen molar-refractivity contribution in [1.29, 1.82) is 0 Å². The van der Waals surface area contributed by atoms with Gasteiger partial charge in [0.1, 0.15) is 5.54 Å². The van der Waals surface area contributed by atoms with Crippen LogP contribution in [0.3, 0.4) is 0 Å². The molecule has 0 saturated heterocycles. The van der Waals surface area contributed by atoms with Gasteiger partial charge in [-0.05, 0) is 40.7 Å². The molecule has 0 radical (unpaired) electrons. The smallest absolute Gasteiger partial charge is 0.325 e. The summed E-state index contributed by atoms with van der Waals surface area (Å²) in [4.78, 5) is 12.0. The van der Waals surface area contributed by atoms with E-state index in [9.17, 15) is 4.79 Å². The lowest BCUT2D eigenvalue weighted by Gasteiger charge is -2.30. The van der Waals surface area contributed by atoms with E-state index in [1.165, 1.54) is 7.11 Å². The van der Waals surface area contributed by atoms with E-state index in [0.29, 0.717) is 18.0 Å². The molecule has 114 valence electrons. The van der Waals surface area contributed by atoms with Crippen LogP contribution in [0.4, 0.5) is 0 Å². The number of nitrogens with zero attached hydrogens (tertiary/aromatic N) is 2. The van der Waals surface area contributed by atoms with Crippen molar-refractivity contribution in [3.05, 3.63) is 16.4 Å². The average Bonchev–Trinajstić information content (AvgIpc) is 2.65. The third kappa shape index (κ3) is 3.33. The molecule has 0 bridgehead atoms. The van der Waals surface area contributed by atoms with E-state index in [1.807, 2.05) is 39.3 Å². The first-order valence-corrected chi connectivity index (χ1v) is 7.19. The van der Waals surface area contributed by atoms with Crippen LogP contribution in [0, 0.1) is 13.8 Å². The Morgan fingerprint density at radius 2 is 2.15 bits per heavy atom. The molecule has 1 aromatic heterocycles. The topological polar surface area (TPSA) is 56.2 Å². The van der Waals surface area contributed by atoms with E-state index >= 15 is 0 Å². The van der Waals surface area contributed by atoms with Crippen LogP contribution < -0.4 is 5.32 Å². The quantitative estimate of drug-likeness (QED) is 0.821. The number of hydrogen-bond donors (Lipinski definition) is 1. The highest BCUT2D eigenvalue weighted by Crippen LogP contribution is 2.27. The standard InChI is InChI=1S/C14H24ClN3O2/c1-7-16-14(5,13(19)20-6)8-9(2)18-11(4)12(15)10(3)17-18/h9,16H,7-8H2,1-6H3. The van der Waals surface area contributed by atoms with E-state index in [-0.39, 0.29) is 12.0 Å². The van der Waals surface area contributed by atoms with E-state index in [0.717, 1.165) is 11.4 Å². The molecule has 5 nitrogen and oxygen atoms in total. The fourth-order valence-corrected chi connectivity index (χ4v) is 2.72. The number of halogens is 1. The summed E-state index contributed by atoms with van der Waals surface area (Å²) < 4.78 is 6.78. The van der Waals surface area contributed by atoms with Gasteiger partial charge in [-0.25, -0.2) is 0 Å². The number of aryl methyl sites for hydroxylation is 1. The van der Waals surface area contributed by atoms with Crippen molar-refractivity contribution in [2.45, 2.75) is 52.6 Å². The van der Waals surface area contributed by atoms with Gasteiger partial charge < -0.3 is 10.1 Å². The van der Waals surface area contributed by atoms with E-state index in [4.69, 9.17) is 16.3 Å². The van der Waals surface area contributed by atoms with Crippen LogP contribution in [0.5, 0.6) is 0 Å². The number of carbonyl (C=O) groups excluding carboxylic acids is 1. The lowest BCUT2D eigenvalue weighted by molar-refractivity contribution is -0.148. The monoisotopic (exact) mass is 301 g/mol. The van der Waals surface area contributed by atoms with Crippen molar-refractivity contribution in [3.8, 4) is 0 Å². The second kappa shape index (κ2) is 6.59. The van der Waals surface area contributed by atoms with Crippen LogP contribution in [0.25, 0.3) is 0 Å². The molecule has 6 heteroatoms. The first-order valence-electron chi connectivity index (χ1n) is 6.81. The van der Waals surface area contributed by atoms with Gasteiger partial charge in [-0.3, -0.25) is 9.48 Å². The first-order chi connectivity index (χ1) is 9.26. The Morgan fingerprint density at radius 3 is 2.55 bits per heavy atom. The Hall–Kier alpha value is -1.07. The van der Waals surface area contributed by atoms with Gasteiger partial charge >= 0.3 is 5.97 Å². The minimum Gasteiger partial charge on any atom is -0.468 e. The summed E-state index contributed by atoms with van der Waals surface area (Å²) in [5.41, 5.74) is 0.987. The zero-order valence-corrected chi connectivity index (χ0v) is 13.8. The number of carbonyl (C=O) groups is 1. The Balaban J connectivity index is 2.99. The predicted octanol–water partition coefficient (Wildman–Crippen LogP) is 2.65. The molecule has 2 atom stereocenters. The molecule has 0 fully saturated rings. The maximum atomic E-state index is 12.0. The summed E-state index contributed by atoms with van der Waals surface area (Å²) in [7, 11) is 1.41. The molecule has 0 saturated carbocycles. The molecule has 0 amide bonds. The van der Waals surface area contributed by atoms with Crippen molar-refractivity contribution >= 4 is 17.6 Å². The molecule has 2 unspecified atom stereocenters. The molecule has 20 heavy (non-hydrogen) atoms. The minimum absolute atomic E-state index is 0.0318. The van der Waals surface area contributed by atoms with Crippen molar-refractivity contribution in [2.75, 3.05) is 13.7 Å². The lowest BCUT2D eigenvalue weighted by atomic mass is 9.93. The van der Waals surface area contributed by atoms with Crippen LogP contribution in [0.15, 0.2) is 0 Å². The Morgan fingerprint density at radius 1 is 1.55 bits per heavy atom. The normalized spacial score (nSPS) is 15.8. The maximum Gasteiger partial charge on any atom is 0.325 e. The third-order valence-electron chi connectivity index (χ3n) is 3.56. The maximum absolute atomic E-state index is 12.0. The summed E-state index contributed by atoms with van der Waals surface area (Å²) in [5, 5.41) is 8.33. The molecule has 1 rings (SSSR count). The van der Waals surface area contributed by atoms with Gasteiger partial charge in [-0.2, -0.15) is 5.10 Å². The molecule has 0 aliphatic rings. The largest absolute Gasteiger partial charge is 0.468 e. The average molecular weight is 302 g/mol. The van der Waals surface area contributed by atoms with Crippen LogP contribution >= 0.6 is 11.6 Å². The fourth-order valence-electron chi connectivity index (χ4n) is 2.59. The third-order valence-corrected chi connectivity index (χ3v) is 4.11. The van der Waals surface area contributed by atoms with Gasteiger partial charge in [0.15, 0.2) is 0 Å². The highest BCUT2D eigenvalue weighted by Gasteiger charge is 2.36. The molecular formula is C14H24ClN3O2. The number of esters is 1. The zero-order valence-electron chi connectivity index (χ0n) is 13.1. The number of rotatable bonds is 6. The van der Waals surface area contributed by atoms with Gasteiger partial charge in [0.25, 0.3) is 0 Å². The van der Waals surface area contributed by atoms with Gasteiger partial charge in [0.05, 0.1) is 29.6 Å². The van der Waals surface area contributed by atoms with Crippen LogP contribution in [-0.4, -0.2) is 34.9 Å². The van der Waals surface area contributed by atoms with Gasteiger partial charge in [-0.15, -0.1) is 0 Å². The Labute approximate surface area is 125 Å². The number of methoxy groups -OCH3 is 1. The number of likely N-dealkylation sites (N-methyl/N-ethyl adjacent to an activating group) is 1. The summed E-state index contributed by atoms with van der Waals surface area (Å²) in [6.45, 7) is 10.3. The van der Waals surface area contributed by atoms with E-state index < -0.39 is 5.54 Å². The van der Waals surface area contributed by atoms with Crippen LogP contribution in [-0.2, 0) is 9.53 Å². The molecule has 0 aromatic carbocycles. The summed E-state index contributed by atoms with van der Waals surface area (Å²) in [6, 6.07) is 0.0318. The summed E-state index contributed by atoms with van der Waals surface area (Å²) in [5.74, 6) is -0.265. The van der Waals surface area contributed by atoms with Gasteiger partial charge in [0.2, 0.25) is 0 Å². The van der Waals surface area contributed by atoms with Crippen molar-refractivity contribution < 1.29 is 9.53 Å². The van der Waals surface area contributed by atoms with Gasteiger partial charge in [-0.1, -0.05) is 18.5 Å². The number of nitrogens with one attached hydrogen (secondary N) is 1. The second-order valence-corrected chi connectivity index (χ2v) is 5.71. The van der Waals surface area contributed by atoms with Crippen LogP contribution in [0.1, 0.15) is 44.6 Å². The van der Waals surface area contributed by atoms with Gasteiger partial charge in [0, 0.05) is 0 Å². The molecule has 1 aromatic rings. The Kier molecular flexibility index (Phi) is 5.59. The minimum atomic E-state index is -0.734. The molecule has 0 spiro atoms. The van der Waals surface area contributed by atoms with E-state index in [1.54, 1.807) is 0 Å². The highest BCUT2D eigenvalue weighted by molar-refractivity contribution is 6.31. The summed E-state index contributed by atoms with van der Waals surface area (Å²) >= 11 is 6.17. The summed E-state index contributed by atoms with van der Waals surface area (Å²) in [6.07, 6.45) is 0.575. The van der Waals surface area contributed by atoms with Crippen LogP contribution in [0.2, 0.25) is 5.02 Å². The highest BCUT2D eigenvalue weighted by atomic mass is 35.5. The molecule has 1 N–H and O–H groups in total. The number of hydrogen-bond acceptors (Lipinski definition) is 4.